The predicted molar refractivity (Wildman–Crippen MR) is 119 cm³/mol. The molecule has 3 rings (SSSR count). The molecule has 0 saturated carbocycles. The molecule has 0 unspecified atom stereocenters. The van der Waals surface area contributed by atoms with Crippen molar-refractivity contribution < 1.29 is 13.2 Å². The van der Waals surface area contributed by atoms with Gasteiger partial charge in [-0.1, -0.05) is 23.7 Å². The number of carbonyl (C=O) groups excluding carboxylic acids is 1. The summed E-state index contributed by atoms with van der Waals surface area (Å²) in [5.41, 5.74) is 1.54. The number of amides is 1. The number of likely N-dealkylation sites (N-methyl/N-ethyl adjacent to an activating group) is 1. The van der Waals surface area contributed by atoms with Crippen LogP contribution in [0.15, 0.2) is 53.4 Å². The summed E-state index contributed by atoms with van der Waals surface area (Å²) in [6, 6.07) is 15.4. The van der Waals surface area contributed by atoms with E-state index in [0.29, 0.717) is 23.7 Å². The molecule has 9 heteroatoms. The van der Waals surface area contributed by atoms with Gasteiger partial charge in [0.1, 0.15) is 0 Å². The monoisotopic (exact) mass is 460 g/mol. The van der Waals surface area contributed by atoms with Crippen LogP contribution in [0.2, 0.25) is 5.02 Å². The van der Waals surface area contributed by atoms with E-state index in [0.717, 1.165) is 35.9 Å². The number of hydrogen-bond acceptors (Lipinski definition) is 5. The number of sulfonamides is 1. The third-order valence-electron chi connectivity index (χ3n) is 5.31. The molecule has 7 nitrogen and oxygen atoms in total. The SMILES string of the molecule is CN(CC(=O)N1CCCN(Cc2ccc(Cl)cc2)CC1)S(=O)(=O)c1ccc(C#N)cc1. The Bertz CT molecular complexity index is 1050. The highest BCUT2D eigenvalue weighted by Gasteiger charge is 2.26. The number of nitriles is 1. The highest BCUT2D eigenvalue weighted by molar-refractivity contribution is 7.89. The van der Waals surface area contributed by atoms with Crippen LogP contribution in [-0.2, 0) is 21.4 Å². The Morgan fingerprint density at radius 2 is 1.74 bits per heavy atom. The molecule has 2 aromatic carbocycles. The summed E-state index contributed by atoms with van der Waals surface area (Å²) >= 11 is 5.94. The fourth-order valence-corrected chi connectivity index (χ4v) is 4.73. The lowest BCUT2D eigenvalue weighted by Crippen LogP contribution is -2.42. The molecular weight excluding hydrogens is 436 g/mol. The van der Waals surface area contributed by atoms with E-state index in [-0.39, 0.29) is 17.3 Å². The van der Waals surface area contributed by atoms with E-state index in [4.69, 9.17) is 16.9 Å². The minimum Gasteiger partial charge on any atom is -0.340 e. The van der Waals surface area contributed by atoms with Crippen LogP contribution in [0.25, 0.3) is 0 Å². The van der Waals surface area contributed by atoms with Crippen LogP contribution in [0.5, 0.6) is 0 Å². The Morgan fingerprint density at radius 1 is 1.06 bits per heavy atom. The first-order chi connectivity index (χ1) is 14.8. The van der Waals surface area contributed by atoms with E-state index in [2.05, 4.69) is 4.90 Å². The van der Waals surface area contributed by atoms with E-state index in [1.807, 2.05) is 30.3 Å². The van der Waals surface area contributed by atoms with Gasteiger partial charge in [0.05, 0.1) is 23.1 Å². The molecule has 0 N–H and O–H groups in total. The molecule has 0 aromatic heterocycles. The zero-order valence-corrected chi connectivity index (χ0v) is 18.9. The smallest absolute Gasteiger partial charge is 0.243 e. The van der Waals surface area contributed by atoms with Crippen molar-refractivity contribution in [2.75, 3.05) is 39.8 Å². The van der Waals surface area contributed by atoms with Crippen molar-refractivity contribution in [2.45, 2.75) is 17.9 Å². The molecule has 1 amide bonds. The third-order valence-corrected chi connectivity index (χ3v) is 7.38. The molecular formula is C22H25ClN4O3S. The summed E-state index contributed by atoms with van der Waals surface area (Å²) in [7, 11) is -2.41. The standard InChI is InChI=1S/C22H25ClN4O3S/c1-25(31(29,30)21-9-5-18(15-24)6-10-21)17-22(28)27-12-2-11-26(13-14-27)16-19-3-7-20(23)8-4-19/h3-10H,2,11-14,16-17H2,1H3. The number of hydrogen-bond donors (Lipinski definition) is 0. The van der Waals surface area contributed by atoms with Crippen molar-refractivity contribution in [2.24, 2.45) is 0 Å². The minimum absolute atomic E-state index is 0.0619. The zero-order valence-electron chi connectivity index (χ0n) is 17.4. The number of carbonyl (C=O) groups is 1. The lowest BCUT2D eigenvalue weighted by molar-refractivity contribution is -0.131. The van der Waals surface area contributed by atoms with Crippen molar-refractivity contribution in [1.82, 2.24) is 14.1 Å². The van der Waals surface area contributed by atoms with Gasteiger partial charge >= 0.3 is 0 Å². The van der Waals surface area contributed by atoms with E-state index in [9.17, 15) is 13.2 Å². The molecule has 1 saturated heterocycles. The first kappa shape index (κ1) is 23.2. The Balaban J connectivity index is 1.57. The maximum atomic E-state index is 12.8. The molecule has 0 bridgehead atoms. The molecule has 31 heavy (non-hydrogen) atoms. The van der Waals surface area contributed by atoms with Gasteiger partial charge in [-0.3, -0.25) is 9.69 Å². The first-order valence-corrected chi connectivity index (χ1v) is 11.8. The first-order valence-electron chi connectivity index (χ1n) is 10.0. The molecule has 0 radical (unpaired) electrons. The Kier molecular flexibility index (Phi) is 7.68. The molecule has 1 heterocycles. The maximum absolute atomic E-state index is 12.8. The Hall–Kier alpha value is -2.44. The lowest BCUT2D eigenvalue weighted by atomic mass is 10.2. The van der Waals surface area contributed by atoms with Crippen molar-refractivity contribution in [3.63, 3.8) is 0 Å². The largest absolute Gasteiger partial charge is 0.340 e. The van der Waals surface area contributed by atoms with Crippen molar-refractivity contribution in [3.05, 3.63) is 64.7 Å². The molecule has 1 fully saturated rings. The molecule has 1 aliphatic heterocycles. The van der Waals surface area contributed by atoms with Gasteiger partial charge < -0.3 is 4.90 Å². The molecule has 0 spiro atoms. The van der Waals surface area contributed by atoms with Gasteiger partial charge in [0.15, 0.2) is 0 Å². The minimum atomic E-state index is -3.81. The second-order valence-corrected chi connectivity index (χ2v) is 10.0. The summed E-state index contributed by atoms with van der Waals surface area (Å²) in [5, 5.41) is 9.58. The summed E-state index contributed by atoms with van der Waals surface area (Å²) < 4.78 is 26.6. The van der Waals surface area contributed by atoms with Gasteiger partial charge in [0, 0.05) is 44.8 Å². The quantitative estimate of drug-likeness (QED) is 0.661. The van der Waals surface area contributed by atoms with Crippen LogP contribution in [0.1, 0.15) is 17.5 Å². The van der Waals surface area contributed by atoms with Crippen LogP contribution < -0.4 is 0 Å². The molecule has 164 valence electrons. The van der Waals surface area contributed by atoms with Gasteiger partial charge in [-0.25, -0.2) is 8.42 Å². The second-order valence-electron chi connectivity index (χ2n) is 7.53. The molecule has 0 aliphatic carbocycles. The summed E-state index contributed by atoms with van der Waals surface area (Å²) in [6.07, 6.45) is 0.825. The van der Waals surface area contributed by atoms with Gasteiger partial charge in [0.2, 0.25) is 15.9 Å². The third kappa shape index (κ3) is 6.05. The van der Waals surface area contributed by atoms with Gasteiger partial charge in [0.25, 0.3) is 0 Å². The van der Waals surface area contributed by atoms with Gasteiger partial charge in [-0.2, -0.15) is 9.57 Å². The fraction of sp³-hybridized carbons (Fsp3) is 0.364. The summed E-state index contributed by atoms with van der Waals surface area (Å²) in [5.74, 6) is -0.215. The van der Waals surface area contributed by atoms with Crippen LogP contribution in [0.4, 0.5) is 0 Å². The van der Waals surface area contributed by atoms with Crippen molar-refractivity contribution >= 4 is 27.5 Å². The van der Waals surface area contributed by atoms with Gasteiger partial charge in [-0.15, -0.1) is 0 Å². The maximum Gasteiger partial charge on any atom is 0.243 e. The predicted octanol–water partition coefficient (Wildman–Crippen LogP) is 2.57. The van der Waals surface area contributed by atoms with Crippen LogP contribution >= 0.6 is 11.6 Å². The number of halogens is 1. The lowest BCUT2D eigenvalue weighted by Gasteiger charge is -2.24. The van der Waals surface area contributed by atoms with Crippen LogP contribution in [0, 0.1) is 11.3 Å². The van der Waals surface area contributed by atoms with Crippen LogP contribution in [-0.4, -0.2) is 68.2 Å². The second kappa shape index (κ2) is 10.2. The molecule has 1 aliphatic rings. The van der Waals surface area contributed by atoms with E-state index in [1.165, 1.54) is 31.3 Å². The molecule has 0 atom stereocenters. The van der Waals surface area contributed by atoms with E-state index >= 15 is 0 Å². The Morgan fingerprint density at radius 3 is 2.39 bits per heavy atom. The highest BCUT2D eigenvalue weighted by atomic mass is 35.5. The fourth-order valence-electron chi connectivity index (χ4n) is 3.48. The number of nitrogens with zero attached hydrogens (tertiary/aromatic N) is 4. The van der Waals surface area contributed by atoms with Crippen molar-refractivity contribution in [3.8, 4) is 6.07 Å². The summed E-state index contributed by atoms with van der Waals surface area (Å²) in [4.78, 5) is 16.9. The average molecular weight is 461 g/mol. The van der Waals surface area contributed by atoms with Crippen LogP contribution in [0.3, 0.4) is 0 Å². The Labute approximate surface area is 188 Å². The normalized spacial score (nSPS) is 15.5. The molecule has 2 aromatic rings. The van der Waals surface area contributed by atoms with E-state index < -0.39 is 10.0 Å². The number of benzene rings is 2. The van der Waals surface area contributed by atoms with Gasteiger partial charge in [-0.05, 0) is 48.4 Å². The van der Waals surface area contributed by atoms with Crippen molar-refractivity contribution in [1.29, 1.82) is 5.26 Å². The number of rotatable bonds is 6. The topological polar surface area (TPSA) is 84.7 Å². The zero-order chi connectivity index (χ0) is 22.4. The highest BCUT2D eigenvalue weighted by Crippen LogP contribution is 2.16. The van der Waals surface area contributed by atoms with E-state index in [1.54, 1.807) is 4.90 Å². The summed E-state index contributed by atoms with van der Waals surface area (Å²) in [6.45, 7) is 3.30. The average Bonchev–Trinajstić information content (AvgIpc) is 3.01.